The largest absolute Gasteiger partial charge is 0.450 e. The lowest BCUT2D eigenvalue weighted by atomic mass is 9.97. The number of methoxy groups -OCH3 is 1. The first-order chi connectivity index (χ1) is 13.5. The van der Waals surface area contributed by atoms with Gasteiger partial charge in [-0.2, -0.15) is 0 Å². The van der Waals surface area contributed by atoms with Crippen molar-refractivity contribution in [3.05, 3.63) is 79.6 Å². The molecule has 2 aromatic carbocycles. The predicted molar refractivity (Wildman–Crippen MR) is 111 cm³/mol. The van der Waals surface area contributed by atoms with Gasteiger partial charge in [-0.3, -0.25) is 9.59 Å². The van der Waals surface area contributed by atoms with Crippen molar-refractivity contribution in [2.45, 2.75) is 19.4 Å². The van der Waals surface area contributed by atoms with Crippen LogP contribution in [-0.2, 0) is 11.2 Å². The molecule has 1 aliphatic rings. The molecule has 1 aromatic heterocycles. The molecule has 1 aliphatic heterocycles. The number of hydrogen-bond acceptors (Lipinski definition) is 4. The van der Waals surface area contributed by atoms with E-state index in [1.165, 1.54) is 5.56 Å². The highest BCUT2D eigenvalue weighted by atomic mass is 79.9. The van der Waals surface area contributed by atoms with Crippen molar-refractivity contribution in [3.63, 3.8) is 0 Å². The van der Waals surface area contributed by atoms with Crippen molar-refractivity contribution >= 4 is 32.8 Å². The first-order valence-corrected chi connectivity index (χ1v) is 9.99. The molecule has 4 rings (SSSR count). The van der Waals surface area contributed by atoms with Gasteiger partial charge in [0, 0.05) is 18.1 Å². The Kier molecular flexibility index (Phi) is 5.08. The number of rotatable bonds is 5. The van der Waals surface area contributed by atoms with E-state index in [1.54, 1.807) is 30.2 Å². The molecule has 1 amide bonds. The van der Waals surface area contributed by atoms with Crippen molar-refractivity contribution in [1.29, 1.82) is 0 Å². The number of ether oxygens (including phenoxy) is 1. The van der Waals surface area contributed by atoms with Crippen LogP contribution in [-0.4, -0.2) is 31.1 Å². The second-order valence-corrected chi connectivity index (χ2v) is 7.72. The van der Waals surface area contributed by atoms with Crippen LogP contribution in [0.25, 0.3) is 11.0 Å². The second-order valence-electron chi connectivity index (χ2n) is 6.80. The Morgan fingerprint density at radius 1 is 1.14 bits per heavy atom. The quantitative estimate of drug-likeness (QED) is 0.591. The SMILES string of the molecule is CCc1ccc(C2c3c(oc4ccc(Br)cc4c3=O)C(=O)N2CCOC)cc1. The van der Waals surface area contributed by atoms with Crippen molar-refractivity contribution in [2.75, 3.05) is 20.3 Å². The summed E-state index contributed by atoms with van der Waals surface area (Å²) >= 11 is 3.41. The minimum atomic E-state index is -0.483. The van der Waals surface area contributed by atoms with E-state index in [-0.39, 0.29) is 17.1 Å². The highest BCUT2D eigenvalue weighted by Gasteiger charge is 2.42. The number of carbonyl (C=O) groups is 1. The molecule has 0 radical (unpaired) electrons. The lowest BCUT2D eigenvalue weighted by Gasteiger charge is -2.25. The van der Waals surface area contributed by atoms with E-state index in [0.717, 1.165) is 16.5 Å². The maximum Gasteiger partial charge on any atom is 0.290 e. The van der Waals surface area contributed by atoms with Crippen LogP contribution in [0, 0.1) is 0 Å². The summed E-state index contributed by atoms with van der Waals surface area (Å²) in [7, 11) is 1.59. The lowest BCUT2D eigenvalue weighted by molar-refractivity contribution is 0.0663. The number of aryl methyl sites for hydroxylation is 1. The predicted octanol–water partition coefficient (Wildman–Crippen LogP) is 4.31. The second kappa shape index (κ2) is 7.53. The third kappa shape index (κ3) is 3.06. The van der Waals surface area contributed by atoms with Gasteiger partial charge in [-0.25, -0.2) is 0 Å². The number of carbonyl (C=O) groups excluding carboxylic acids is 1. The van der Waals surface area contributed by atoms with Crippen LogP contribution < -0.4 is 5.43 Å². The van der Waals surface area contributed by atoms with Crippen LogP contribution in [0.1, 0.15) is 40.2 Å². The molecule has 1 atom stereocenters. The summed E-state index contributed by atoms with van der Waals surface area (Å²) in [6.45, 7) is 2.84. The number of hydrogen-bond donors (Lipinski definition) is 0. The standard InChI is InChI=1S/C22H20BrNO4/c1-3-13-4-6-14(7-5-13)19-18-20(25)16-12-15(23)8-9-17(16)28-21(18)22(26)24(19)10-11-27-2/h4-9,12,19H,3,10-11H2,1-2H3. The van der Waals surface area contributed by atoms with Crippen molar-refractivity contribution < 1.29 is 13.9 Å². The van der Waals surface area contributed by atoms with Crippen molar-refractivity contribution in [1.82, 2.24) is 4.90 Å². The average Bonchev–Trinajstić information content (AvgIpc) is 2.99. The normalized spacial score (nSPS) is 16.0. The van der Waals surface area contributed by atoms with Gasteiger partial charge in [-0.05, 0) is 35.7 Å². The summed E-state index contributed by atoms with van der Waals surface area (Å²) in [6, 6.07) is 12.8. The Morgan fingerprint density at radius 3 is 2.57 bits per heavy atom. The van der Waals surface area contributed by atoms with Gasteiger partial charge >= 0.3 is 0 Å². The molecule has 0 fully saturated rings. The molecular formula is C22H20BrNO4. The fourth-order valence-electron chi connectivity index (χ4n) is 3.70. The number of nitrogens with zero attached hydrogens (tertiary/aromatic N) is 1. The molecule has 0 aliphatic carbocycles. The van der Waals surface area contributed by atoms with Gasteiger partial charge in [0.1, 0.15) is 5.58 Å². The Balaban J connectivity index is 1.94. The van der Waals surface area contributed by atoms with E-state index in [1.807, 2.05) is 24.3 Å². The zero-order chi connectivity index (χ0) is 19.8. The summed E-state index contributed by atoms with van der Waals surface area (Å²) < 4.78 is 11.9. The number of halogens is 1. The molecule has 0 N–H and O–H groups in total. The Bertz CT molecular complexity index is 1100. The fraction of sp³-hybridized carbons (Fsp3) is 0.273. The molecule has 0 saturated carbocycles. The number of benzene rings is 2. The molecule has 1 unspecified atom stereocenters. The van der Waals surface area contributed by atoms with Crippen LogP contribution in [0.2, 0.25) is 0 Å². The zero-order valence-corrected chi connectivity index (χ0v) is 17.3. The zero-order valence-electron chi connectivity index (χ0n) is 15.7. The summed E-state index contributed by atoms with van der Waals surface area (Å²) in [5, 5.41) is 0.463. The minimum absolute atomic E-state index is 0.125. The third-order valence-electron chi connectivity index (χ3n) is 5.17. The molecule has 0 saturated heterocycles. The number of fused-ring (bicyclic) bond motifs is 2. The van der Waals surface area contributed by atoms with E-state index in [0.29, 0.717) is 29.7 Å². The molecule has 28 heavy (non-hydrogen) atoms. The molecule has 3 aromatic rings. The smallest absolute Gasteiger partial charge is 0.290 e. The van der Waals surface area contributed by atoms with Gasteiger partial charge < -0.3 is 14.1 Å². The van der Waals surface area contributed by atoms with Gasteiger partial charge in [0.05, 0.1) is 23.6 Å². The average molecular weight is 442 g/mol. The van der Waals surface area contributed by atoms with Crippen LogP contribution in [0.4, 0.5) is 0 Å². The summed E-state index contributed by atoms with van der Waals surface area (Å²) in [6.07, 6.45) is 0.925. The first-order valence-electron chi connectivity index (χ1n) is 9.20. The maximum absolute atomic E-state index is 13.4. The van der Waals surface area contributed by atoms with E-state index >= 15 is 0 Å². The lowest BCUT2D eigenvalue weighted by Crippen LogP contribution is -2.32. The molecule has 6 heteroatoms. The number of amides is 1. The van der Waals surface area contributed by atoms with E-state index in [4.69, 9.17) is 9.15 Å². The Labute approximate surface area is 171 Å². The van der Waals surface area contributed by atoms with Crippen LogP contribution in [0.3, 0.4) is 0 Å². The monoisotopic (exact) mass is 441 g/mol. The van der Waals surface area contributed by atoms with Gasteiger partial charge in [0.25, 0.3) is 5.91 Å². The van der Waals surface area contributed by atoms with Crippen molar-refractivity contribution in [2.24, 2.45) is 0 Å². The van der Waals surface area contributed by atoms with Crippen LogP contribution >= 0.6 is 15.9 Å². The van der Waals surface area contributed by atoms with Gasteiger partial charge in [0.2, 0.25) is 5.76 Å². The van der Waals surface area contributed by atoms with Crippen LogP contribution in [0.15, 0.2) is 56.1 Å². The summed E-state index contributed by atoms with van der Waals surface area (Å²) in [5.74, 6) is -0.154. The topological polar surface area (TPSA) is 59.8 Å². The first kappa shape index (κ1) is 18.9. The van der Waals surface area contributed by atoms with E-state index < -0.39 is 6.04 Å². The highest BCUT2D eigenvalue weighted by Crippen LogP contribution is 2.38. The molecule has 144 valence electrons. The summed E-state index contributed by atoms with van der Waals surface area (Å²) in [4.78, 5) is 28.1. The third-order valence-corrected chi connectivity index (χ3v) is 5.66. The van der Waals surface area contributed by atoms with Gasteiger partial charge in [-0.15, -0.1) is 0 Å². The molecular weight excluding hydrogens is 422 g/mol. The van der Waals surface area contributed by atoms with E-state index in [9.17, 15) is 9.59 Å². The van der Waals surface area contributed by atoms with Crippen LogP contribution in [0.5, 0.6) is 0 Å². The Morgan fingerprint density at radius 2 is 1.89 bits per heavy atom. The molecule has 2 heterocycles. The highest BCUT2D eigenvalue weighted by molar-refractivity contribution is 9.10. The maximum atomic E-state index is 13.4. The fourth-order valence-corrected chi connectivity index (χ4v) is 4.06. The van der Waals surface area contributed by atoms with Crippen molar-refractivity contribution in [3.8, 4) is 0 Å². The summed E-state index contributed by atoms with van der Waals surface area (Å²) in [5.41, 5.74) is 2.73. The van der Waals surface area contributed by atoms with E-state index in [2.05, 4.69) is 22.9 Å². The molecule has 0 spiro atoms. The molecule has 0 bridgehead atoms. The Hall–Kier alpha value is -2.44. The van der Waals surface area contributed by atoms with Gasteiger partial charge in [0.15, 0.2) is 5.43 Å². The molecule has 5 nitrogen and oxygen atoms in total. The minimum Gasteiger partial charge on any atom is -0.450 e. The van der Waals surface area contributed by atoms with Gasteiger partial charge in [-0.1, -0.05) is 47.1 Å².